The van der Waals surface area contributed by atoms with Crippen molar-refractivity contribution in [1.29, 1.82) is 0 Å². The third-order valence-electron chi connectivity index (χ3n) is 3.61. The molecule has 1 unspecified atom stereocenters. The third kappa shape index (κ3) is 2.70. The number of rotatable bonds is 1. The summed E-state index contributed by atoms with van der Waals surface area (Å²) < 4.78 is 38.8. The second-order valence-electron chi connectivity index (χ2n) is 6.15. The van der Waals surface area contributed by atoms with Crippen molar-refractivity contribution < 1.29 is 23.1 Å². The van der Waals surface area contributed by atoms with E-state index in [0.717, 1.165) is 0 Å². The van der Waals surface area contributed by atoms with E-state index < -0.39 is 35.4 Å². The second-order valence-corrected chi connectivity index (χ2v) is 6.15. The largest absolute Gasteiger partial charge is 0.431 e. The molecule has 0 aromatic carbocycles. The number of pyridine rings is 1. The monoisotopic (exact) mass is 315 g/mol. The molecule has 0 aliphatic carbocycles. The van der Waals surface area contributed by atoms with Crippen LogP contribution in [0.5, 0.6) is 0 Å². The Morgan fingerprint density at radius 1 is 1.36 bits per heavy atom. The normalized spacial score (nSPS) is 22.7. The molecule has 0 bridgehead atoms. The number of nitrogens with zero attached hydrogens (tertiary/aromatic N) is 3. The Hall–Kier alpha value is -1.96. The third-order valence-corrected chi connectivity index (χ3v) is 3.61. The van der Waals surface area contributed by atoms with E-state index in [0.29, 0.717) is 5.01 Å². The van der Waals surface area contributed by atoms with Gasteiger partial charge in [0.1, 0.15) is 5.71 Å². The Morgan fingerprint density at radius 3 is 2.45 bits per heavy atom. The van der Waals surface area contributed by atoms with E-state index in [1.807, 2.05) is 0 Å². The molecular weight excluding hydrogens is 299 g/mol. The summed E-state index contributed by atoms with van der Waals surface area (Å²) in [5.41, 5.74) is -4.22. The van der Waals surface area contributed by atoms with Gasteiger partial charge in [0.25, 0.3) is 5.91 Å². The predicted octanol–water partition coefficient (Wildman–Crippen LogP) is 2.58. The van der Waals surface area contributed by atoms with Gasteiger partial charge in [0.2, 0.25) is 0 Å². The van der Waals surface area contributed by atoms with Crippen molar-refractivity contribution in [3.8, 4) is 0 Å². The zero-order valence-corrected chi connectivity index (χ0v) is 12.3. The van der Waals surface area contributed by atoms with Crippen LogP contribution < -0.4 is 0 Å². The molecule has 0 fully saturated rings. The molecule has 1 aromatic heterocycles. The standard InChI is InChI=1S/C14H16F3N3O2/c1-12(2,3)13(22)7-10(14(15,16)17)19-20(13)11(21)9-5-4-6-18-8-9/h4-6,8,22H,7H2,1-3H3. The van der Waals surface area contributed by atoms with Gasteiger partial charge in [0.15, 0.2) is 5.72 Å². The van der Waals surface area contributed by atoms with Crippen LogP contribution in [-0.4, -0.2) is 38.6 Å². The maximum absolute atomic E-state index is 12.9. The average molecular weight is 315 g/mol. The fourth-order valence-electron chi connectivity index (χ4n) is 2.11. The SMILES string of the molecule is CC(C)(C)C1(O)CC(C(F)(F)F)=NN1C(=O)c1cccnc1. The first kappa shape index (κ1) is 16.4. The van der Waals surface area contributed by atoms with Crippen LogP contribution in [0.1, 0.15) is 37.6 Å². The quantitative estimate of drug-likeness (QED) is 0.866. The lowest BCUT2D eigenvalue weighted by Gasteiger charge is -2.41. The minimum absolute atomic E-state index is 0.0531. The predicted molar refractivity (Wildman–Crippen MR) is 72.9 cm³/mol. The summed E-state index contributed by atoms with van der Waals surface area (Å²) in [5.74, 6) is -0.829. The van der Waals surface area contributed by atoms with Gasteiger partial charge in [0.05, 0.1) is 5.56 Å². The van der Waals surface area contributed by atoms with Gasteiger partial charge in [-0.2, -0.15) is 23.3 Å². The van der Waals surface area contributed by atoms with E-state index in [9.17, 15) is 23.1 Å². The van der Waals surface area contributed by atoms with Crippen LogP contribution >= 0.6 is 0 Å². The van der Waals surface area contributed by atoms with E-state index in [4.69, 9.17) is 0 Å². The molecule has 5 nitrogen and oxygen atoms in total. The fraction of sp³-hybridized carbons (Fsp3) is 0.500. The summed E-state index contributed by atoms with van der Waals surface area (Å²) in [4.78, 5) is 16.2. The molecule has 0 saturated heterocycles. The molecule has 22 heavy (non-hydrogen) atoms. The van der Waals surface area contributed by atoms with E-state index in [2.05, 4.69) is 10.1 Å². The molecule has 1 aromatic rings. The highest BCUT2D eigenvalue weighted by molar-refractivity contribution is 5.99. The first-order valence-electron chi connectivity index (χ1n) is 6.58. The summed E-state index contributed by atoms with van der Waals surface area (Å²) in [5, 5.41) is 14.6. The van der Waals surface area contributed by atoms with Crippen LogP contribution in [0.25, 0.3) is 0 Å². The Morgan fingerprint density at radius 2 is 2.00 bits per heavy atom. The summed E-state index contributed by atoms with van der Waals surface area (Å²) in [6.07, 6.45) is -2.83. The number of aromatic nitrogens is 1. The molecule has 1 aliphatic rings. The van der Waals surface area contributed by atoms with Gasteiger partial charge in [-0.15, -0.1) is 0 Å². The van der Waals surface area contributed by atoms with Gasteiger partial charge in [-0.1, -0.05) is 20.8 Å². The first-order valence-corrected chi connectivity index (χ1v) is 6.58. The maximum atomic E-state index is 12.9. The Balaban J connectivity index is 2.48. The van der Waals surface area contributed by atoms with Crippen molar-refractivity contribution in [2.75, 3.05) is 0 Å². The Kier molecular flexibility index (Phi) is 3.76. The van der Waals surface area contributed by atoms with Gasteiger partial charge in [-0.05, 0) is 12.1 Å². The van der Waals surface area contributed by atoms with Crippen molar-refractivity contribution in [2.45, 2.75) is 39.1 Å². The molecule has 1 amide bonds. The number of alkyl halides is 3. The highest BCUT2D eigenvalue weighted by Gasteiger charge is 2.57. The lowest BCUT2D eigenvalue weighted by atomic mass is 9.80. The van der Waals surface area contributed by atoms with E-state index >= 15 is 0 Å². The molecular formula is C14H16F3N3O2. The molecule has 0 radical (unpaired) electrons. The summed E-state index contributed by atoms with van der Waals surface area (Å²) in [7, 11) is 0. The second kappa shape index (κ2) is 5.05. The minimum Gasteiger partial charge on any atom is -0.368 e. The fourth-order valence-corrected chi connectivity index (χ4v) is 2.11. The van der Waals surface area contributed by atoms with Crippen molar-refractivity contribution >= 4 is 11.6 Å². The van der Waals surface area contributed by atoms with Crippen LogP contribution in [0.3, 0.4) is 0 Å². The molecule has 2 heterocycles. The zero-order chi connectivity index (χ0) is 16.8. The number of halogens is 3. The number of aliphatic hydroxyl groups is 1. The molecule has 1 atom stereocenters. The first-order chi connectivity index (χ1) is 9.97. The van der Waals surface area contributed by atoms with Gasteiger partial charge in [0, 0.05) is 24.2 Å². The number of carbonyl (C=O) groups excluding carboxylic acids is 1. The van der Waals surface area contributed by atoms with Crippen LogP contribution in [0, 0.1) is 5.41 Å². The summed E-state index contributed by atoms with van der Waals surface area (Å²) >= 11 is 0. The van der Waals surface area contributed by atoms with Crippen molar-refractivity contribution in [3.63, 3.8) is 0 Å². The molecule has 120 valence electrons. The maximum Gasteiger partial charge on any atom is 0.431 e. The van der Waals surface area contributed by atoms with Gasteiger partial charge in [-0.3, -0.25) is 9.78 Å². The minimum atomic E-state index is -4.71. The lowest BCUT2D eigenvalue weighted by molar-refractivity contribution is -0.144. The van der Waals surface area contributed by atoms with Crippen molar-refractivity contribution in [3.05, 3.63) is 30.1 Å². The molecule has 8 heteroatoms. The zero-order valence-electron chi connectivity index (χ0n) is 12.3. The van der Waals surface area contributed by atoms with Crippen LogP contribution in [0.4, 0.5) is 13.2 Å². The van der Waals surface area contributed by atoms with E-state index in [1.54, 1.807) is 20.8 Å². The number of amides is 1. The molecule has 0 saturated carbocycles. The van der Waals surface area contributed by atoms with Gasteiger partial charge < -0.3 is 5.11 Å². The molecule has 1 N–H and O–H groups in total. The smallest absolute Gasteiger partial charge is 0.368 e. The average Bonchev–Trinajstić information content (AvgIpc) is 2.78. The summed E-state index contributed by atoms with van der Waals surface area (Å²) in [6.45, 7) is 4.64. The molecule has 1 aliphatic heterocycles. The highest BCUT2D eigenvalue weighted by Crippen LogP contribution is 2.43. The van der Waals surface area contributed by atoms with E-state index in [-0.39, 0.29) is 5.56 Å². The van der Waals surface area contributed by atoms with Crippen molar-refractivity contribution in [2.24, 2.45) is 10.5 Å². The number of hydrogen-bond donors (Lipinski definition) is 1. The highest BCUT2D eigenvalue weighted by atomic mass is 19.4. The Labute approximate surface area is 125 Å². The van der Waals surface area contributed by atoms with Gasteiger partial charge >= 0.3 is 6.18 Å². The number of hydrazone groups is 1. The van der Waals surface area contributed by atoms with Crippen molar-refractivity contribution in [1.82, 2.24) is 9.99 Å². The van der Waals surface area contributed by atoms with Gasteiger partial charge in [-0.25, -0.2) is 0 Å². The van der Waals surface area contributed by atoms with Crippen LogP contribution in [-0.2, 0) is 0 Å². The van der Waals surface area contributed by atoms with E-state index in [1.165, 1.54) is 24.5 Å². The molecule has 2 rings (SSSR count). The topological polar surface area (TPSA) is 65.8 Å². The number of hydrogen-bond acceptors (Lipinski definition) is 4. The Bertz CT molecular complexity index is 608. The lowest BCUT2D eigenvalue weighted by Crippen LogP contribution is -2.55. The molecule has 0 spiro atoms. The van der Waals surface area contributed by atoms with Crippen LogP contribution in [0.2, 0.25) is 0 Å². The number of carbonyl (C=O) groups is 1. The summed E-state index contributed by atoms with van der Waals surface area (Å²) in [6, 6.07) is 2.88. The van der Waals surface area contributed by atoms with Crippen LogP contribution in [0.15, 0.2) is 29.6 Å².